The molecule has 0 radical (unpaired) electrons. The van der Waals surface area contributed by atoms with E-state index in [1.807, 2.05) is 12.1 Å². The number of ether oxygens (including phenoxy) is 1. The van der Waals surface area contributed by atoms with Crippen LogP contribution in [0.4, 0.5) is 0 Å². The molecule has 1 unspecified atom stereocenters. The first-order chi connectivity index (χ1) is 10.5. The SMILES string of the molecule is CCOC(=O)C(Cl)c1ccc(C2CCCCC2)c(C(C)=O)c1. The lowest BCUT2D eigenvalue weighted by molar-refractivity contribution is -0.142. The van der Waals surface area contributed by atoms with Gasteiger partial charge in [-0.1, -0.05) is 31.4 Å². The summed E-state index contributed by atoms with van der Waals surface area (Å²) in [6, 6.07) is 5.59. The predicted octanol–water partition coefficient (Wildman–Crippen LogP) is 4.78. The highest BCUT2D eigenvalue weighted by Crippen LogP contribution is 2.36. The van der Waals surface area contributed by atoms with Gasteiger partial charge in [-0.3, -0.25) is 9.59 Å². The van der Waals surface area contributed by atoms with E-state index < -0.39 is 11.3 Å². The third-order valence-electron chi connectivity index (χ3n) is 4.29. The maximum absolute atomic E-state index is 12.0. The lowest BCUT2D eigenvalue weighted by Gasteiger charge is -2.24. The summed E-state index contributed by atoms with van der Waals surface area (Å²) in [5.41, 5.74) is 2.42. The highest BCUT2D eigenvalue weighted by molar-refractivity contribution is 6.30. The van der Waals surface area contributed by atoms with Crippen LogP contribution in [0.15, 0.2) is 18.2 Å². The minimum absolute atomic E-state index is 0.0233. The van der Waals surface area contributed by atoms with E-state index in [0.29, 0.717) is 23.7 Å². The van der Waals surface area contributed by atoms with E-state index in [4.69, 9.17) is 16.3 Å². The molecule has 1 aromatic carbocycles. The van der Waals surface area contributed by atoms with Crippen LogP contribution in [0.25, 0.3) is 0 Å². The molecule has 0 aliphatic heterocycles. The van der Waals surface area contributed by atoms with Gasteiger partial charge in [-0.05, 0) is 49.8 Å². The lowest BCUT2D eigenvalue weighted by atomic mass is 9.81. The number of halogens is 1. The second-order valence-electron chi connectivity index (χ2n) is 5.85. The van der Waals surface area contributed by atoms with Crippen molar-refractivity contribution in [3.63, 3.8) is 0 Å². The molecule has 1 fully saturated rings. The van der Waals surface area contributed by atoms with Gasteiger partial charge in [0.05, 0.1) is 6.61 Å². The molecule has 3 nitrogen and oxygen atoms in total. The second kappa shape index (κ2) is 7.77. The monoisotopic (exact) mass is 322 g/mol. The number of alkyl halides is 1. The Kier molecular flexibility index (Phi) is 6.01. The second-order valence-corrected chi connectivity index (χ2v) is 6.29. The molecule has 1 saturated carbocycles. The van der Waals surface area contributed by atoms with Crippen LogP contribution in [0.2, 0.25) is 0 Å². The van der Waals surface area contributed by atoms with E-state index in [-0.39, 0.29) is 5.78 Å². The number of hydrogen-bond donors (Lipinski definition) is 0. The molecular weight excluding hydrogens is 300 g/mol. The number of hydrogen-bond acceptors (Lipinski definition) is 3. The summed E-state index contributed by atoms with van der Waals surface area (Å²) in [6.07, 6.45) is 5.95. The molecular formula is C18H23ClO3. The van der Waals surface area contributed by atoms with Crippen LogP contribution in [0, 0.1) is 0 Å². The number of carbonyl (C=O) groups excluding carboxylic acids is 2. The van der Waals surface area contributed by atoms with Gasteiger partial charge in [0.15, 0.2) is 11.2 Å². The number of ketones is 1. The molecule has 1 aliphatic carbocycles. The maximum atomic E-state index is 12.0. The molecule has 1 atom stereocenters. The fourth-order valence-electron chi connectivity index (χ4n) is 3.16. The van der Waals surface area contributed by atoms with Crippen LogP contribution < -0.4 is 0 Å². The van der Waals surface area contributed by atoms with Crippen molar-refractivity contribution in [2.75, 3.05) is 6.61 Å². The van der Waals surface area contributed by atoms with E-state index in [9.17, 15) is 9.59 Å². The van der Waals surface area contributed by atoms with Gasteiger partial charge in [0, 0.05) is 5.56 Å². The number of benzene rings is 1. The first-order valence-corrected chi connectivity index (χ1v) is 8.43. The summed E-state index contributed by atoms with van der Waals surface area (Å²) in [5.74, 6) is -0.00250. The topological polar surface area (TPSA) is 43.4 Å². The van der Waals surface area contributed by atoms with Crippen molar-refractivity contribution in [1.82, 2.24) is 0 Å². The Labute approximate surface area is 137 Å². The lowest BCUT2D eigenvalue weighted by Crippen LogP contribution is -2.14. The molecule has 0 amide bonds. The number of esters is 1. The molecule has 1 aliphatic rings. The molecule has 4 heteroatoms. The smallest absolute Gasteiger partial charge is 0.328 e. The fraction of sp³-hybridized carbons (Fsp3) is 0.556. The largest absolute Gasteiger partial charge is 0.465 e. The number of carbonyl (C=O) groups is 2. The Morgan fingerprint density at radius 1 is 1.27 bits per heavy atom. The van der Waals surface area contributed by atoms with Gasteiger partial charge in [-0.15, -0.1) is 11.6 Å². The summed E-state index contributed by atoms with van der Waals surface area (Å²) >= 11 is 6.16. The van der Waals surface area contributed by atoms with Gasteiger partial charge in [-0.25, -0.2) is 0 Å². The maximum Gasteiger partial charge on any atom is 0.328 e. The fourth-order valence-corrected chi connectivity index (χ4v) is 3.36. The van der Waals surface area contributed by atoms with Crippen molar-refractivity contribution >= 4 is 23.4 Å². The van der Waals surface area contributed by atoms with Gasteiger partial charge in [0.2, 0.25) is 0 Å². The highest BCUT2D eigenvalue weighted by atomic mass is 35.5. The summed E-state index contributed by atoms with van der Waals surface area (Å²) < 4.78 is 4.95. The molecule has 120 valence electrons. The summed E-state index contributed by atoms with van der Waals surface area (Å²) in [7, 11) is 0. The summed E-state index contributed by atoms with van der Waals surface area (Å²) in [5, 5.41) is -0.863. The molecule has 0 saturated heterocycles. The first kappa shape index (κ1) is 17.0. The van der Waals surface area contributed by atoms with E-state index in [0.717, 1.165) is 18.4 Å². The molecule has 2 rings (SSSR count). The number of rotatable bonds is 5. The minimum atomic E-state index is -0.863. The van der Waals surface area contributed by atoms with Gasteiger partial charge >= 0.3 is 5.97 Å². The average Bonchev–Trinajstić information content (AvgIpc) is 2.54. The van der Waals surface area contributed by atoms with Crippen molar-refractivity contribution in [3.05, 3.63) is 34.9 Å². The van der Waals surface area contributed by atoms with Crippen molar-refractivity contribution in [2.24, 2.45) is 0 Å². The van der Waals surface area contributed by atoms with Crippen molar-refractivity contribution in [1.29, 1.82) is 0 Å². The summed E-state index contributed by atoms with van der Waals surface area (Å²) in [6.45, 7) is 3.61. The van der Waals surface area contributed by atoms with Gasteiger partial charge in [0.1, 0.15) is 0 Å². The quantitative estimate of drug-likeness (QED) is 0.445. The third-order valence-corrected chi connectivity index (χ3v) is 4.72. The van der Waals surface area contributed by atoms with Crippen LogP contribution in [0.5, 0.6) is 0 Å². The summed E-state index contributed by atoms with van der Waals surface area (Å²) in [4.78, 5) is 23.8. The molecule has 22 heavy (non-hydrogen) atoms. The van der Waals surface area contributed by atoms with Gasteiger partial charge in [0.25, 0.3) is 0 Å². The predicted molar refractivity (Wildman–Crippen MR) is 87.5 cm³/mol. The molecule has 0 spiro atoms. The van der Waals surface area contributed by atoms with Crippen molar-refractivity contribution in [2.45, 2.75) is 57.2 Å². The van der Waals surface area contributed by atoms with E-state index in [1.54, 1.807) is 19.9 Å². The van der Waals surface area contributed by atoms with Gasteiger partial charge < -0.3 is 4.74 Å². The normalized spacial score (nSPS) is 17.0. The standard InChI is InChI=1S/C18H23ClO3/c1-3-22-18(21)17(19)14-9-10-15(16(11-14)12(2)20)13-7-5-4-6-8-13/h9-11,13,17H,3-8H2,1-2H3. The Morgan fingerprint density at radius 3 is 2.55 bits per heavy atom. The Morgan fingerprint density at radius 2 is 1.95 bits per heavy atom. The van der Waals surface area contributed by atoms with E-state index in [2.05, 4.69) is 0 Å². The van der Waals surface area contributed by atoms with Crippen molar-refractivity contribution < 1.29 is 14.3 Å². The van der Waals surface area contributed by atoms with Crippen LogP contribution in [-0.2, 0) is 9.53 Å². The third kappa shape index (κ3) is 3.89. The number of Topliss-reactive ketones (excluding diaryl/α,β-unsaturated/α-hetero) is 1. The Balaban J connectivity index is 2.30. The van der Waals surface area contributed by atoms with Crippen LogP contribution >= 0.6 is 11.6 Å². The molecule has 1 aromatic rings. The Hall–Kier alpha value is -1.35. The first-order valence-electron chi connectivity index (χ1n) is 8.00. The molecule has 0 aromatic heterocycles. The van der Waals surface area contributed by atoms with Gasteiger partial charge in [-0.2, -0.15) is 0 Å². The molecule has 0 heterocycles. The van der Waals surface area contributed by atoms with Crippen LogP contribution in [-0.4, -0.2) is 18.4 Å². The van der Waals surface area contributed by atoms with Crippen molar-refractivity contribution in [3.8, 4) is 0 Å². The van der Waals surface area contributed by atoms with E-state index >= 15 is 0 Å². The zero-order valence-corrected chi connectivity index (χ0v) is 14.0. The van der Waals surface area contributed by atoms with E-state index in [1.165, 1.54) is 19.3 Å². The zero-order valence-electron chi connectivity index (χ0n) is 13.2. The highest BCUT2D eigenvalue weighted by Gasteiger charge is 2.24. The van der Waals surface area contributed by atoms with Crippen LogP contribution in [0.3, 0.4) is 0 Å². The molecule has 0 N–H and O–H groups in total. The zero-order chi connectivity index (χ0) is 16.1. The molecule has 0 bridgehead atoms. The van der Waals surface area contributed by atoms with Crippen LogP contribution in [0.1, 0.15) is 78.7 Å². The Bertz CT molecular complexity index is 547. The average molecular weight is 323 g/mol. The minimum Gasteiger partial charge on any atom is -0.465 e.